The first kappa shape index (κ1) is 15.3. The number of unbranched alkanes of at least 4 members (excludes halogenated alkanes) is 2. The number of hydrogen-bond donors (Lipinski definition) is 1. The van der Waals surface area contributed by atoms with Crippen molar-refractivity contribution in [1.29, 1.82) is 0 Å². The molecule has 1 atom stereocenters. The predicted molar refractivity (Wildman–Crippen MR) is 73.6 cm³/mol. The molecule has 0 saturated carbocycles. The van der Waals surface area contributed by atoms with E-state index in [1.54, 1.807) is 11.8 Å². The number of rotatable bonds is 7. The zero-order valence-corrected chi connectivity index (χ0v) is 12.1. The number of thioether (sulfide) groups is 1. The monoisotopic (exact) mass is 273 g/mol. The lowest BCUT2D eigenvalue weighted by Crippen LogP contribution is -2.40. The molecule has 5 heteroatoms. The van der Waals surface area contributed by atoms with E-state index in [0.717, 1.165) is 37.9 Å². The number of ether oxygens (including phenoxy) is 1. The Kier molecular flexibility index (Phi) is 6.54. The van der Waals surface area contributed by atoms with E-state index in [9.17, 15) is 9.59 Å². The van der Waals surface area contributed by atoms with Crippen LogP contribution in [0.2, 0.25) is 0 Å². The summed E-state index contributed by atoms with van der Waals surface area (Å²) >= 11 is 1.75. The van der Waals surface area contributed by atoms with Crippen LogP contribution < -0.4 is 5.32 Å². The first-order valence-electron chi connectivity index (χ1n) is 6.57. The maximum Gasteiger partial charge on any atom is 0.305 e. The molecule has 0 aromatic heterocycles. The van der Waals surface area contributed by atoms with E-state index in [1.165, 1.54) is 7.11 Å². The number of methoxy groups -OCH3 is 1. The minimum absolute atomic E-state index is 0.158. The fourth-order valence-electron chi connectivity index (χ4n) is 2.02. The second-order valence-electron chi connectivity index (χ2n) is 4.83. The van der Waals surface area contributed by atoms with Crippen molar-refractivity contribution in [1.82, 2.24) is 5.32 Å². The highest BCUT2D eigenvalue weighted by atomic mass is 32.2. The predicted octanol–water partition coefficient (Wildman–Crippen LogP) is 2.12. The fraction of sp³-hybridized carbons (Fsp3) is 0.846. The highest BCUT2D eigenvalue weighted by Crippen LogP contribution is 2.37. The molecule has 1 rings (SSSR count). The van der Waals surface area contributed by atoms with Crippen LogP contribution in [0.25, 0.3) is 0 Å². The molecule has 0 aliphatic carbocycles. The number of carbonyl (C=O) groups excluding carboxylic acids is 2. The largest absolute Gasteiger partial charge is 0.469 e. The maximum atomic E-state index is 11.9. The first-order chi connectivity index (χ1) is 8.58. The van der Waals surface area contributed by atoms with Crippen molar-refractivity contribution in [2.45, 2.75) is 50.2 Å². The van der Waals surface area contributed by atoms with Crippen molar-refractivity contribution >= 4 is 23.6 Å². The van der Waals surface area contributed by atoms with E-state index < -0.39 is 0 Å². The van der Waals surface area contributed by atoms with Gasteiger partial charge in [-0.05, 0) is 38.4 Å². The van der Waals surface area contributed by atoms with Crippen molar-refractivity contribution in [2.75, 3.05) is 19.4 Å². The molecular weight excluding hydrogens is 250 g/mol. The van der Waals surface area contributed by atoms with Crippen LogP contribution in [0.3, 0.4) is 0 Å². The van der Waals surface area contributed by atoms with Crippen molar-refractivity contribution < 1.29 is 14.3 Å². The van der Waals surface area contributed by atoms with Gasteiger partial charge in [0.2, 0.25) is 5.91 Å². The SMILES string of the molecule is COC(=O)CCCCCNC(=O)C1(C)CCCS1. The summed E-state index contributed by atoms with van der Waals surface area (Å²) in [5, 5.41) is 2.99. The molecule has 104 valence electrons. The van der Waals surface area contributed by atoms with Gasteiger partial charge in [-0.15, -0.1) is 11.8 Å². The zero-order valence-electron chi connectivity index (χ0n) is 11.3. The number of hydrogen-bond acceptors (Lipinski definition) is 4. The normalized spacial score (nSPS) is 22.8. The molecule has 4 nitrogen and oxygen atoms in total. The van der Waals surface area contributed by atoms with Gasteiger partial charge < -0.3 is 10.1 Å². The van der Waals surface area contributed by atoms with Gasteiger partial charge in [-0.25, -0.2) is 0 Å². The van der Waals surface area contributed by atoms with Crippen molar-refractivity contribution in [3.8, 4) is 0 Å². The lowest BCUT2D eigenvalue weighted by atomic mass is 10.0. The fourth-order valence-corrected chi connectivity index (χ4v) is 3.25. The van der Waals surface area contributed by atoms with Gasteiger partial charge in [-0.3, -0.25) is 9.59 Å². The van der Waals surface area contributed by atoms with Gasteiger partial charge in [0, 0.05) is 13.0 Å². The highest BCUT2D eigenvalue weighted by molar-refractivity contribution is 8.01. The number of carbonyl (C=O) groups is 2. The Morgan fingerprint density at radius 3 is 2.72 bits per heavy atom. The smallest absolute Gasteiger partial charge is 0.305 e. The first-order valence-corrected chi connectivity index (χ1v) is 7.56. The summed E-state index contributed by atoms with van der Waals surface area (Å²) in [4.78, 5) is 22.8. The zero-order chi connectivity index (χ0) is 13.4. The molecular formula is C13H23NO3S. The van der Waals surface area contributed by atoms with Gasteiger partial charge in [0.15, 0.2) is 0 Å². The summed E-state index contributed by atoms with van der Waals surface area (Å²) in [6, 6.07) is 0. The third kappa shape index (κ3) is 4.88. The van der Waals surface area contributed by atoms with E-state index >= 15 is 0 Å². The standard InChI is InChI=1S/C13H23NO3S/c1-13(8-6-10-18-13)12(16)14-9-5-3-4-7-11(15)17-2/h3-10H2,1-2H3,(H,14,16). The lowest BCUT2D eigenvalue weighted by molar-refractivity contribution is -0.140. The van der Waals surface area contributed by atoms with Crippen LogP contribution >= 0.6 is 11.8 Å². The Labute approximate surface area is 113 Å². The summed E-state index contributed by atoms with van der Waals surface area (Å²) in [6.45, 7) is 2.73. The third-order valence-corrected chi connectivity index (χ3v) is 4.79. The third-order valence-electron chi connectivity index (χ3n) is 3.27. The van der Waals surface area contributed by atoms with Crippen LogP contribution in [-0.2, 0) is 14.3 Å². The molecule has 1 fully saturated rings. The van der Waals surface area contributed by atoms with Crippen LogP contribution in [0.5, 0.6) is 0 Å². The summed E-state index contributed by atoms with van der Waals surface area (Å²) < 4.78 is 4.35. The lowest BCUT2D eigenvalue weighted by Gasteiger charge is -2.21. The molecule has 0 radical (unpaired) electrons. The number of amides is 1. The molecule has 1 unspecified atom stereocenters. The van der Waals surface area contributed by atoms with E-state index in [0.29, 0.717) is 13.0 Å². The summed E-state index contributed by atoms with van der Waals surface area (Å²) in [5.74, 6) is 1.09. The number of esters is 1. The van der Waals surface area contributed by atoms with Gasteiger partial charge in [-0.2, -0.15) is 0 Å². The molecule has 0 spiro atoms. The van der Waals surface area contributed by atoms with Gasteiger partial charge >= 0.3 is 5.97 Å². The van der Waals surface area contributed by atoms with E-state index in [4.69, 9.17) is 0 Å². The minimum atomic E-state index is -0.216. The molecule has 0 bridgehead atoms. The Morgan fingerprint density at radius 1 is 1.33 bits per heavy atom. The van der Waals surface area contributed by atoms with Crippen LogP contribution in [0, 0.1) is 0 Å². The van der Waals surface area contributed by atoms with E-state index in [-0.39, 0.29) is 16.6 Å². The van der Waals surface area contributed by atoms with Gasteiger partial charge in [-0.1, -0.05) is 6.42 Å². The van der Waals surface area contributed by atoms with Gasteiger partial charge in [0.1, 0.15) is 0 Å². The Hall–Kier alpha value is -0.710. The average Bonchev–Trinajstić information content (AvgIpc) is 2.81. The Bertz CT molecular complexity index is 288. The van der Waals surface area contributed by atoms with Gasteiger partial charge in [0.05, 0.1) is 11.9 Å². The molecule has 1 amide bonds. The van der Waals surface area contributed by atoms with Gasteiger partial charge in [0.25, 0.3) is 0 Å². The minimum Gasteiger partial charge on any atom is -0.469 e. The second kappa shape index (κ2) is 7.67. The molecule has 1 aliphatic heterocycles. The Balaban J connectivity index is 2.04. The van der Waals surface area contributed by atoms with Crippen LogP contribution in [0.1, 0.15) is 45.4 Å². The average molecular weight is 273 g/mol. The van der Waals surface area contributed by atoms with Crippen molar-refractivity contribution in [2.24, 2.45) is 0 Å². The summed E-state index contributed by atoms with van der Waals surface area (Å²) in [6.07, 6.45) is 5.27. The topological polar surface area (TPSA) is 55.4 Å². The second-order valence-corrected chi connectivity index (χ2v) is 6.42. The summed E-state index contributed by atoms with van der Waals surface area (Å²) in [5.41, 5.74) is 0. The molecule has 18 heavy (non-hydrogen) atoms. The molecule has 1 saturated heterocycles. The Morgan fingerprint density at radius 2 is 2.11 bits per heavy atom. The van der Waals surface area contributed by atoms with E-state index in [2.05, 4.69) is 10.1 Å². The maximum absolute atomic E-state index is 11.9. The number of nitrogens with one attached hydrogen (secondary N) is 1. The van der Waals surface area contributed by atoms with Crippen molar-refractivity contribution in [3.63, 3.8) is 0 Å². The van der Waals surface area contributed by atoms with Crippen molar-refractivity contribution in [3.05, 3.63) is 0 Å². The highest BCUT2D eigenvalue weighted by Gasteiger charge is 2.36. The molecule has 1 heterocycles. The van der Waals surface area contributed by atoms with Crippen LogP contribution in [-0.4, -0.2) is 36.0 Å². The van der Waals surface area contributed by atoms with Crippen LogP contribution in [0.15, 0.2) is 0 Å². The van der Waals surface area contributed by atoms with E-state index in [1.807, 2.05) is 6.92 Å². The molecule has 0 aromatic rings. The molecule has 1 N–H and O–H groups in total. The van der Waals surface area contributed by atoms with Crippen LogP contribution in [0.4, 0.5) is 0 Å². The molecule has 1 aliphatic rings. The quantitative estimate of drug-likeness (QED) is 0.570. The summed E-state index contributed by atoms with van der Waals surface area (Å²) in [7, 11) is 1.41. The molecule has 0 aromatic carbocycles.